The maximum absolute atomic E-state index is 12.1. The summed E-state index contributed by atoms with van der Waals surface area (Å²) in [6.07, 6.45) is 6.41. The fraction of sp³-hybridized carbons (Fsp3) is 0.550. The molecule has 0 radical (unpaired) electrons. The fourth-order valence-corrected chi connectivity index (χ4v) is 3.24. The number of carbonyl (C=O) groups excluding carboxylic acids is 3. The van der Waals surface area contributed by atoms with Crippen LogP contribution in [0.4, 0.5) is 5.69 Å². The van der Waals surface area contributed by atoms with Crippen molar-refractivity contribution in [1.82, 2.24) is 10.2 Å². The fourth-order valence-electron chi connectivity index (χ4n) is 3.24. The summed E-state index contributed by atoms with van der Waals surface area (Å²) in [5, 5.41) is 5.49. The molecule has 1 aromatic rings. The van der Waals surface area contributed by atoms with Crippen LogP contribution in [-0.2, 0) is 20.9 Å². The van der Waals surface area contributed by atoms with E-state index in [1.807, 2.05) is 18.2 Å². The van der Waals surface area contributed by atoms with Gasteiger partial charge in [-0.25, -0.2) is 0 Å². The Hall–Kier alpha value is -2.37. The topological polar surface area (TPSA) is 78.5 Å². The van der Waals surface area contributed by atoms with Gasteiger partial charge in [0.2, 0.25) is 17.7 Å². The molecule has 1 saturated carbocycles. The monoisotopic (exact) mass is 359 g/mol. The molecule has 0 heterocycles. The van der Waals surface area contributed by atoms with Crippen LogP contribution >= 0.6 is 0 Å². The second kappa shape index (κ2) is 9.94. The molecule has 0 atom stereocenters. The molecule has 26 heavy (non-hydrogen) atoms. The lowest BCUT2D eigenvalue weighted by Crippen LogP contribution is -2.34. The highest BCUT2D eigenvalue weighted by atomic mass is 16.2. The molecule has 0 aliphatic heterocycles. The summed E-state index contributed by atoms with van der Waals surface area (Å²) in [4.78, 5) is 37.0. The van der Waals surface area contributed by atoms with Crippen LogP contribution in [0, 0.1) is 5.92 Å². The lowest BCUT2D eigenvalue weighted by molar-refractivity contribution is -0.128. The van der Waals surface area contributed by atoms with Gasteiger partial charge in [0.05, 0.1) is 6.54 Å². The van der Waals surface area contributed by atoms with Gasteiger partial charge in [-0.05, 0) is 36.5 Å². The highest BCUT2D eigenvalue weighted by Crippen LogP contribution is 2.26. The lowest BCUT2D eigenvalue weighted by Gasteiger charge is -2.20. The third kappa shape index (κ3) is 6.86. The van der Waals surface area contributed by atoms with Gasteiger partial charge in [0.25, 0.3) is 0 Å². The van der Waals surface area contributed by atoms with Crippen LogP contribution in [-0.4, -0.2) is 36.2 Å². The third-order valence-electron chi connectivity index (χ3n) is 4.81. The lowest BCUT2D eigenvalue weighted by atomic mass is 9.87. The van der Waals surface area contributed by atoms with Crippen LogP contribution in [0.2, 0.25) is 0 Å². The number of carbonyl (C=O) groups is 3. The molecule has 0 spiro atoms. The standard InChI is InChI=1S/C20H29N3O3/c1-15(24)23(2)14-17-9-6-10-18(11-17)22-20(26)13-21-19(25)12-16-7-4-3-5-8-16/h6,9-11,16H,3-5,7-8,12-14H2,1-2H3,(H,21,25)(H,22,26). The highest BCUT2D eigenvalue weighted by Gasteiger charge is 2.17. The van der Waals surface area contributed by atoms with Crippen LogP contribution in [0.1, 0.15) is 51.0 Å². The summed E-state index contributed by atoms with van der Waals surface area (Å²) in [5.41, 5.74) is 1.59. The summed E-state index contributed by atoms with van der Waals surface area (Å²) in [5.74, 6) is 0.143. The minimum absolute atomic E-state index is 0.0138. The van der Waals surface area contributed by atoms with Crippen molar-refractivity contribution in [3.8, 4) is 0 Å². The molecule has 6 nitrogen and oxygen atoms in total. The van der Waals surface area contributed by atoms with Crippen LogP contribution in [0.15, 0.2) is 24.3 Å². The van der Waals surface area contributed by atoms with Crippen molar-refractivity contribution in [2.45, 2.75) is 52.0 Å². The second-order valence-corrected chi connectivity index (χ2v) is 7.11. The van der Waals surface area contributed by atoms with Gasteiger partial charge in [0.15, 0.2) is 0 Å². The van der Waals surface area contributed by atoms with Crippen molar-refractivity contribution in [3.05, 3.63) is 29.8 Å². The van der Waals surface area contributed by atoms with E-state index in [1.165, 1.54) is 26.2 Å². The van der Waals surface area contributed by atoms with Gasteiger partial charge in [0.1, 0.15) is 0 Å². The van der Waals surface area contributed by atoms with Gasteiger partial charge in [-0.3, -0.25) is 14.4 Å². The average molecular weight is 359 g/mol. The van der Waals surface area contributed by atoms with Gasteiger partial charge in [0, 0.05) is 32.6 Å². The zero-order valence-electron chi connectivity index (χ0n) is 15.7. The number of amides is 3. The normalized spacial score (nSPS) is 14.5. The average Bonchev–Trinajstić information content (AvgIpc) is 2.61. The summed E-state index contributed by atoms with van der Waals surface area (Å²) < 4.78 is 0. The number of nitrogens with zero attached hydrogens (tertiary/aromatic N) is 1. The van der Waals surface area contributed by atoms with Gasteiger partial charge in [-0.2, -0.15) is 0 Å². The first-order valence-corrected chi connectivity index (χ1v) is 9.31. The van der Waals surface area contributed by atoms with E-state index in [9.17, 15) is 14.4 Å². The maximum Gasteiger partial charge on any atom is 0.243 e. The molecule has 3 amide bonds. The summed E-state index contributed by atoms with van der Waals surface area (Å²) in [6, 6.07) is 7.36. The van der Waals surface area contributed by atoms with Crippen LogP contribution < -0.4 is 10.6 Å². The molecule has 2 rings (SSSR count). The first-order chi connectivity index (χ1) is 12.4. The van der Waals surface area contributed by atoms with Crippen molar-refractivity contribution in [1.29, 1.82) is 0 Å². The van der Waals surface area contributed by atoms with Crippen LogP contribution in [0.3, 0.4) is 0 Å². The van der Waals surface area contributed by atoms with Crippen molar-refractivity contribution >= 4 is 23.4 Å². The Labute approximate surface area is 155 Å². The molecule has 2 N–H and O–H groups in total. The molecule has 1 fully saturated rings. The van der Waals surface area contributed by atoms with Gasteiger partial charge in [-0.1, -0.05) is 31.4 Å². The van der Waals surface area contributed by atoms with Crippen molar-refractivity contribution < 1.29 is 14.4 Å². The molecular weight excluding hydrogens is 330 g/mol. The number of nitrogens with one attached hydrogen (secondary N) is 2. The van der Waals surface area contributed by atoms with E-state index in [1.54, 1.807) is 18.0 Å². The minimum Gasteiger partial charge on any atom is -0.347 e. The highest BCUT2D eigenvalue weighted by molar-refractivity contribution is 5.94. The number of anilines is 1. The zero-order chi connectivity index (χ0) is 18.9. The molecule has 0 aromatic heterocycles. The van der Waals surface area contributed by atoms with Crippen LogP contribution in [0.5, 0.6) is 0 Å². The molecule has 1 aliphatic rings. The van der Waals surface area contributed by atoms with Gasteiger partial charge >= 0.3 is 0 Å². The molecule has 0 bridgehead atoms. The van der Waals surface area contributed by atoms with Crippen molar-refractivity contribution in [2.75, 3.05) is 18.9 Å². The second-order valence-electron chi connectivity index (χ2n) is 7.11. The van der Waals surface area contributed by atoms with Gasteiger partial charge in [-0.15, -0.1) is 0 Å². The first-order valence-electron chi connectivity index (χ1n) is 9.31. The number of rotatable bonds is 7. The Morgan fingerprint density at radius 3 is 2.54 bits per heavy atom. The van der Waals surface area contributed by atoms with E-state index >= 15 is 0 Å². The minimum atomic E-state index is -0.251. The third-order valence-corrected chi connectivity index (χ3v) is 4.81. The van der Waals surface area contributed by atoms with Crippen molar-refractivity contribution in [2.24, 2.45) is 5.92 Å². The Kier molecular flexibility index (Phi) is 7.63. The summed E-state index contributed by atoms with van der Waals surface area (Å²) >= 11 is 0. The molecule has 142 valence electrons. The first kappa shape index (κ1) is 19.9. The molecule has 0 unspecified atom stereocenters. The number of hydrogen-bond acceptors (Lipinski definition) is 3. The Balaban J connectivity index is 1.76. The number of benzene rings is 1. The molecule has 0 saturated heterocycles. The molecule has 1 aromatic carbocycles. The molecular formula is C20H29N3O3. The van der Waals surface area contributed by atoms with E-state index in [0.717, 1.165) is 18.4 Å². The summed E-state index contributed by atoms with van der Waals surface area (Å²) in [7, 11) is 1.73. The predicted molar refractivity (Wildman–Crippen MR) is 101 cm³/mol. The molecule has 1 aliphatic carbocycles. The maximum atomic E-state index is 12.1. The Bertz CT molecular complexity index is 639. The largest absolute Gasteiger partial charge is 0.347 e. The van der Waals surface area contributed by atoms with Crippen LogP contribution in [0.25, 0.3) is 0 Å². The van der Waals surface area contributed by atoms with E-state index < -0.39 is 0 Å². The zero-order valence-corrected chi connectivity index (χ0v) is 15.7. The Morgan fingerprint density at radius 2 is 1.85 bits per heavy atom. The summed E-state index contributed by atoms with van der Waals surface area (Å²) in [6.45, 7) is 1.97. The smallest absolute Gasteiger partial charge is 0.243 e. The van der Waals surface area contributed by atoms with E-state index in [0.29, 0.717) is 24.6 Å². The number of hydrogen-bond donors (Lipinski definition) is 2. The van der Waals surface area contributed by atoms with E-state index in [4.69, 9.17) is 0 Å². The van der Waals surface area contributed by atoms with E-state index in [-0.39, 0.29) is 24.3 Å². The van der Waals surface area contributed by atoms with E-state index in [2.05, 4.69) is 10.6 Å². The quantitative estimate of drug-likeness (QED) is 0.786. The molecule has 6 heteroatoms. The predicted octanol–water partition coefficient (Wildman–Crippen LogP) is 2.69. The van der Waals surface area contributed by atoms with Gasteiger partial charge < -0.3 is 15.5 Å². The Morgan fingerprint density at radius 1 is 1.12 bits per heavy atom. The van der Waals surface area contributed by atoms with Crippen molar-refractivity contribution in [3.63, 3.8) is 0 Å². The SMILES string of the molecule is CC(=O)N(C)Cc1cccc(NC(=O)CNC(=O)CC2CCCCC2)c1.